The fourth-order valence-electron chi connectivity index (χ4n) is 1.81. The van der Waals surface area contributed by atoms with Gasteiger partial charge in [0.2, 0.25) is 0 Å². The van der Waals surface area contributed by atoms with Crippen LogP contribution < -0.4 is 4.90 Å². The zero-order valence-corrected chi connectivity index (χ0v) is 11.4. The van der Waals surface area contributed by atoms with Gasteiger partial charge in [-0.25, -0.2) is 0 Å². The molecule has 0 radical (unpaired) electrons. The highest BCUT2D eigenvalue weighted by Crippen LogP contribution is 2.19. The van der Waals surface area contributed by atoms with Crippen molar-refractivity contribution >= 4 is 11.5 Å². The Morgan fingerprint density at radius 2 is 1.82 bits per heavy atom. The van der Waals surface area contributed by atoms with Crippen molar-refractivity contribution in [1.82, 2.24) is 0 Å². The Hall–Kier alpha value is -1.31. The van der Waals surface area contributed by atoms with Gasteiger partial charge in [0.25, 0.3) is 0 Å². The van der Waals surface area contributed by atoms with Crippen LogP contribution in [-0.2, 0) is 4.79 Å². The number of hydrogen-bond donors (Lipinski definition) is 0. The third kappa shape index (κ3) is 4.59. The van der Waals surface area contributed by atoms with E-state index in [-0.39, 0.29) is 5.78 Å². The molecule has 0 aromatic heterocycles. The smallest absolute Gasteiger partial charge is 0.129 e. The highest BCUT2D eigenvalue weighted by molar-refractivity contribution is 5.75. The summed E-state index contributed by atoms with van der Waals surface area (Å²) in [6.45, 7) is 6.98. The van der Waals surface area contributed by atoms with E-state index in [2.05, 4.69) is 50.1 Å². The highest BCUT2D eigenvalue weighted by atomic mass is 16.1. The number of benzene rings is 1. The molecule has 0 fully saturated rings. The van der Waals surface area contributed by atoms with Crippen LogP contribution in [0, 0.1) is 0 Å². The fraction of sp³-hybridized carbons (Fsp3) is 0.533. The Morgan fingerprint density at radius 3 is 2.29 bits per heavy atom. The summed E-state index contributed by atoms with van der Waals surface area (Å²) in [6, 6.07) is 8.68. The van der Waals surface area contributed by atoms with Crippen LogP contribution >= 0.6 is 0 Å². The molecule has 0 saturated carbocycles. The summed E-state index contributed by atoms with van der Waals surface area (Å²) in [5.41, 5.74) is 2.59. The Morgan fingerprint density at radius 1 is 1.24 bits per heavy atom. The third-order valence-electron chi connectivity index (χ3n) is 3.02. The second kappa shape index (κ2) is 6.43. The first-order chi connectivity index (χ1) is 8.00. The lowest BCUT2D eigenvalue weighted by molar-refractivity contribution is -0.117. The monoisotopic (exact) mass is 233 g/mol. The van der Waals surface area contributed by atoms with E-state index in [0.29, 0.717) is 12.3 Å². The van der Waals surface area contributed by atoms with Crippen molar-refractivity contribution in [2.24, 2.45) is 0 Å². The second-order valence-corrected chi connectivity index (χ2v) is 4.97. The first-order valence-corrected chi connectivity index (χ1v) is 6.31. The van der Waals surface area contributed by atoms with E-state index >= 15 is 0 Å². The standard InChI is InChI=1S/C15H23NO/c1-12(2)14-7-9-15(10-8-14)16(4)11-5-6-13(3)17/h7-10,12H,5-6,11H2,1-4H3. The zero-order valence-electron chi connectivity index (χ0n) is 11.4. The van der Waals surface area contributed by atoms with E-state index in [0.717, 1.165) is 13.0 Å². The maximum atomic E-state index is 10.9. The van der Waals surface area contributed by atoms with Gasteiger partial charge in [-0.2, -0.15) is 0 Å². The lowest BCUT2D eigenvalue weighted by Crippen LogP contribution is -2.18. The largest absolute Gasteiger partial charge is 0.375 e. The Bertz CT molecular complexity index is 354. The molecule has 2 heteroatoms. The minimum atomic E-state index is 0.272. The molecule has 2 nitrogen and oxygen atoms in total. The van der Waals surface area contributed by atoms with E-state index in [1.807, 2.05) is 0 Å². The summed E-state index contributed by atoms with van der Waals surface area (Å²) < 4.78 is 0. The third-order valence-corrected chi connectivity index (χ3v) is 3.02. The van der Waals surface area contributed by atoms with Gasteiger partial charge < -0.3 is 9.69 Å². The normalized spacial score (nSPS) is 10.6. The van der Waals surface area contributed by atoms with Crippen molar-refractivity contribution in [2.75, 3.05) is 18.5 Å². The molecule has 0 spiro atoms. The van der Waals surface area contributed by atoms with Gasteiger partial charge in [-0.1, -0.05) is 26.0 Å². The van der Waals surface area contributed by atoms with E-state index in [1.54, 1.807) is 6.92 Å². The molecular weight excluding hydrogens is 210 g/mol. The number of anilines is 1. The molecule has 1 aromatic carbocycles. The average Bonchev–Trinajstić information content (AvgIpc) is 2.28. The van der Waals surface area contributed by atoms with Crippen LogP contribution in [0.2, 0.25) is 0 Å². The van der Waals surface area contributed by atoms with Gasteiger partial charge >= 0.3 is 0 Å². The second-order valence-electron chi connectivity index (χ2n) is 4.97. The fourth-order valence-corrected chi connectivity index (χ4v) is 1.81. The van der Waals surface area contributed by atoms with Gasteiger partial charge in [-0.15, -0.1) is 0 Å². The quantitative estimate of drug-likeness (QED) is 0.748. The molecule has 0 N–H and O–H groups in total. The molecular formula is C15H23NO. The molecule has 0 aliphatic carbocycles. The van der Waals surface area contributed by atoms with Crippen molar-refractivity contribution in [2.45, 2.75) is 39.5 Å². The number of ketones is 1. The molecule has 0 saturated heterocycles. The molecule has 94 valence electrons. The number of rotatable bonds is 6. The minimum absolute atomic E-state index is 0.272. The van der Waals surface area contributed by atoms with E-state index < -0.39 is 0 Å². The van der Waals surface area contributed by atoms with Crippen molar-refractivity contribution in [3.8, 4) is 0 Å². The summed E-state index contributed by atoms with van der Waals surface area (Å²) in [5, 5.41) is 0. The molecule has 17 heavy (non-hydrogen) atoms. The average molecular weight is 233 g/mol. The van der Waals surface area contributed by atoms with Gasteiger partial charge in [-0.05, 0) is 37.0 Å². The minimum Gasteiger partial charge on any atom is -0.375 e. The molecule has 0 unspecified atom stereocenters. The zero-order chi connectivity index (χ0) is 12.8. The first-order valence-electron chi connectivity index (χ1n) is 6.31. The maximum Gasteiger partial charge on any atom is 0.129 e. The lowest BCUT2D eigenvalue weighted by atomic mass is 10.0. The number of carbonyl (C=O) groups excluding carboxylic acids is 1. The van der Waals surface area contributed by atoms with Crippen molar-refractivity contribution in [1.29, 1.82) is 0 Å². The van der Waals surface area contributed by atoms with Crippen molar-refractivity contribution in [3.05, 3.63) is 29.8 Å². The highest BCUT2D eigenvalue weighted by Gasteiger charge is 2.03. The van der Waals surface area contributed by atoms with Crippen LogP contribution in [0.3, 0.4) is 0 Å². The molecule has 0 bridgehead atoms. The molecule has 0 aliphatic heterocycles. The predicted molar refractivity (Wildman–Crippen MR) is 73.7 cm³/mol. The van der Waals surface area contributed by atoms with Gasteiger partial charge in [0, 0.05) is 25.7 Å². The van der Waals surface area contributed by atoms with Crippen LogP contribution in [0.15, 0.2) is 24.3 Å². The predicted octanol–water partition coefficient (Wildman–Crippen LogP) is 3.62. The summed E-state index contributed by atoms with van der Waals surface area (Å²) in [6.07, 6.45) is 1.60. The van der Waals surface area contributed by atoms with Crippen LogP contribution in [0.4, 0.5) is 5.69 Å². The van der Waals surface area contributed by atoms with Crippen molar-refractivity contribution < 1.29 is 4.79 Å². The molecule has 1 aromatic rings. The summed E-state index contributed by atoms with van der Waals surface area (Å²) in [5.74, 6) is 0.848. The summed E-state index contributed by atoms with van der Waals surface area (Å²) >= 11 is 0. The van der Waals surface area contributed by atoms with Crippen LogP contribution in [0.25, 0.3) is 0 Å². The topological polar surface area (TPSA) is 20.3 Å². The number of carbonyl (C=O) groups is 1. The van der Waals surface area contributed by atoms with Gasteiger partial charge in [-0.3, -0.25) is 0 Å². The summed E-state index contributed by atoms with van der Waals surface area (Å²) in [4.78, 5) is 13.1. The lowest BCUT2D eigenvalue weighted by Gasteiger charge is -2.19. The number of hydrogen-bond acceptors (Lipinski definition) is 2. The van der Waals surface area contributed by atoms with Crippen LogP contribution in [0.5, 0.6) is 0 Å². The molecule has 1 rings (SSSR count). The molecule has 0 heterocycles. The molecule has 0 aliphatic rings. The number of Topliss-reactive ketones (excluding diaryl/α,β-unsaturated/α-hetero) is 1. The Labute approximate surface area is 105 Å². The Kier molecular flexibility index (Phi) is 5.20. The van der Waals surface area contributed by atoms with Crippen LogP contribution in [-0.4, -0.2) is 19.4 Å². The Balaban J connectivity index is 2.51. The van der Waals surface area contributed by atoms with E-state index in [4.69, 9.17) is 0 Å². The first kappa shape index (κ1) is 13.8. The van der Waals surface area contributed by atoms with Gasteiger partial charge in [0.15, 0.2) is 0 Å². The summed E-state index contributed by atoms with van der Waals surface area (Å²) in [7, 11) is 2.07. The van der Waals surface area contributed by atoms with Gasteiger partial charge in [0.05, 0.1) is 0 Å². The van der Waals surface area contributed by atoms with Gasteiger partial charge in [0.1, 0.15) is 5.78 Å². The molecule has 0 atom stereocenters. The number of nitrogens with zero attached hydrogens (tertiary/aromatic N) is 1. The molecule has 0 amide bonds. The van der Waals surface area contributed by atoms with Crippen LogP contribution in [0.1, 0.15) is 45.1 Å². The van der Waals surface area contributed by atoms with Crippen molar-refractivity contribution in [3.63, 3.8) is 0 Å². The SMILES string of the molecule is CC(=O)CCCN(C)c1ccc(C(C)C)cc1. The van der Waals surface area contributed by atoms with E-state index in [9.17, 15) is 4.79 Å². The maximum absolute atomic E-state index is 10.9. The van der Waals surface area contributed by atoms with E-state index in [1.165, 1.54) is 11.3 Å².